The van der Waals surface area contributed by atoms with Gasteiger partial charge >= 0.3 is 0 Å². The number of ether oxygens (including phenoxy) is 1. The Hall–Kier alpha value is -1.41. The van der Waals surface area contributed by atoms with Crippen molar-refractivity contribution in [1.29, 1.82) is 0 Å². The maximum atomic E-state index is 12.5. The van der Waals surface area contributed by atoms with Gasteiger partial charge in [0.15, 0.2) is 0 Å². The molecule has 24 heavy (non-hydrogen) atoms. The van der Waals surface area contributed by atoms with Gasteiger partial charge < -0.3 is 10.1 Å². The third-order valence-electron chi connectivity index (χ3n) is 4.86. The van der Waals surface area contributed by atoms with Crippen molar-refractivity contribution in [2.24, 2.45) is 0 Å². The molecule has 0 radical (unpaired) electrons. The van der Waals surface area contributed by atoms with Crippen LogP contribution in [0, 0.1) is 10.5 Å². The maximum Gasteiger partial charge on any atom is 0.252 e. The lowest BCUT2D eigenvalue weighted by atomic mass is 9.90. The molecule has 1 aromatic carbocycles. The molecule has 0 aliphatic carbocycles. The third-order valence-corrected chi connectivity index (χ3v) is 5.69. The van der Waals surface area contributed by atoms with Crippen molar-refractivity contribution in [3.63, 3.8) is 0 Å². The molecule has 1 N–H and O–H groups in total. The molecule has 2 aliphatic rings. The van der Waals surface area contributed by atoms with E-state index in [0.717, 1.165) is 51.8 Å². The molecule has 1 amide bonds. The van der Waals surface area contributed by atoms with E-state index in [-0.39, 0.29) is 18.2 Å². The van der Waals surface area contributed by atoms with Gasteiger partial charge in [-0.2, -0.15) is 5.10 Å². The number of nitrogens with one attached hydrogen (secondary N) is 1. The molecule has 2 aromatic rings. The van der Waals surface area contributed by atoms with Crippen LogP contribution in [0.1, 0.15) is 58.7 Å². The Morgan fingerprint density at radius 2 is 2.25 bits per heavy atom. The van der Waals surface area contributed by atoms with Gasteiger partial charge in [0, 0.05) is 18.4 Å². The summed E-state index contributed by atoms with van der Waals surface area (Å²) in [7, 11) is 0. The van der Waals surface area contributed by atoms with E-state index in [4.69, 9.17) is 9.84 Å². The summed E-state index contributed by atoms with van der Waals surface area (Å²) < 4.78 is 8.83. The van der Waals surface area contributed by atoms with Crippen molar-refractivity contribution in [2.75, 3.05) is 6.61 Å². The van der Waals surface area contributed by atoms with E-state index in [1.165, 1.54) is 6.42 Å². The van der Waals surface area contributed by atoms with Crippen molar-refractivity contribution < 1.29 is 9.53 Å². The van der Waals surface area contributed by atoms with Crippen LogP contribution in [-0.2, 0) is 11.2 Å². The molecule has 0 spiro atoms. The highest BCUT2D eigenvalue weighted by molar-refractivity contribution is 14.1. The average Bonchev–Trinajstić information content (AvgIpc) is 2.98. The molecular formula is C18H20IN3O2. The van der Waals surface area contributed by atoms with E-state index >= 15 is 0 Å². The second-order valence-electron chi connectivity index (χ2n) is 6.49. The SMILES string of the molecule is Cc1cccc2c1CC(c1nn(C3CCCCO3)cc1I)NC2=O. The van der Waals surface area contributed by atoms with Crippen LogP contribution < -0.4 is 5.32 Å². The van der Waals surface area contributed by atoms with Gasteiger partial charge in [-0.1, -0.05) is 12.1 Å². The summed E-state index contributed by atoms with van der Waals surface area (Å²) in [6, 6.07) is 5.82. The summed E-state index contributed by atoms with van der Waals surface area (Å²) >= 11 is 2.30. The van der Waals surface area contributed by atoms with E-state index in [1.54, 1.807) is 0 Å². The Morgan fingerprint density at radius 1 is 1.38 bits per heavy atom. The van der Waals surface area contributed by atoms with Gasteiger partial charge in [0.25, 0.3) is 5.91 Å². The van der Waals surface area contributed by atoms with Gasteiger partial charge in [-0.3, -0.25) is 4.79 Å². The molecule has 2 aliphatic heterocycles. The molecule has 6 heteroatoms. The summed E-state index contributed by atoms with van der Waals surface area (Å²) in [5.41, 5.74) is 4.02. The Labute approximate surface area is 154 Å². The number of fused-ring (bicyclic) bond motifs is 1. The molecule has 1 saturated heterocycles. The molecule has 5 nitrogen and oxygen atoms in total. The summed E-state index contributed by atoms with van der Waals surface area (Å²) in [6.45, 7) is 2.86. The first-order chi connectivity index (χ1) is 11.6. The molecule has 0 bridgehead atoms. The smallest absolute Gasteiger partial charge is 0.252 e. The lowest BCUT2D eigenvalue weighted by Crippen LogP contribution is -2.36. The molecule has 3 heterocycles. The molecular weight excluding hydrogens is 417 g/mol. The normalized spacial score (nSPS) is 23.7. The first-order valence-corrected chi connectivity index (χ1v) is 9.47. The minimum Gasteiger partial charge on any atom is -0.357 e. The molecule has 4 rings (SSSR count). The highest BCUT2D eigenvalue weighted by Gasteiger charge is 2.30. The summed E-state index contributed by atoms with van der Waals surface area (Å²) in [5, 5.41) is 7.88. The summed E-state index contributed by atoms with van der Waals surface area (Å²) in [5.74, 6) is -0.00998. The summed E-state index contributed by atoms with van der Waals surface area (Å²) in [6.07, 6.45) is 6.13. The van der Waals surface area contributed by atoms with Crippen LogP contribution in [0.4, 0.5) is 0 Å². The lowest BCUT2D eigenvalue weighted by molar-refractivity contribution is -0.0398. The highest BCUT2D eigenvalue weighted by Crippen LogP contribution is 2.31. The number of aryl methyl sites for hydroxylation is 1. The number of aromatic nitrogens is 2. The highest BCUT2D eigenvalue weighted by atomic mass is 127. The monoisotopic (exact) mass is 437 g/mol. The maximum absolute atomic E-state index is 12.5. The van der Waals surface area contributed by atoms with Crippen LogP contribution in [-0.4, -0.2) is 22.3 Å². The number of carbonyl (C=O) groups is 1. The zero-order chi connectivity index (χ0) is 16.7. The van der Waals surface area contributed by atoms with E-state index < -0.39 is 0 Å². The van der Waals surface area contributed by atoms with Crippen LogP contribution >= 0.6 is 22.6 Å². The van der Waals surface area contributed by atoms with Crippen molar-refractivity contribution in [1.82, 2.24) is 15.1 Å². The van der Waals surface area contributed by atoms with Crippen LogP contribution in [0.2, 0.25) is 0 Å². The quantitative estimate of drug-likeness (QED) is 0.732. The lowest BCUT2D eigenvalue weighted by Gasteiger charge is -2.26. The van der Waals surface area contributed by atoms with Crippen LogP contribution in [0.15, 0.2) is 24.4 Å². The number of rotatable bonds is 2. The zero-order valence-corrected chi connectivity index (χ0v) is 15.7. The zero-order valence-electron chi connectivity index (χ0n) is 13.6. The van der Waals surface area contributed by atoms with Crippen LogP contribution in [0.25, 0.3) is 0 Å². The fraction of sp³-hybridized carbons (Fsp3) is 0.444. The Morgan fingerprint density at radius 3 is 3.04 bits per heavy atom. The predicted molar refractivity (Wildman–Crippen MR) is 98.9 cm³/mol. The largest absolute Gasteiger partial charge is 0.357 e. The second kappa shape index (κ2) is 6.48. The molecule has 126 valence electrons. The predicted octanol–water partition coefficient (Wildman–Crippen LogP) is 3.52. The summed E-state index contributed by atoms with van der Waals surface area (Å²) in [4.78, 5) is 12.5. The number of hydrogen-bond acceptors (Lipinski definition) is 3. The number of hydrogen-bond donors (Lipinski definition) is 1. The fourth-order valence-electron chi connectivity index (χ4n) is 3.54. The third kappa shape index (κ3) is 2.86. The number of benzene rings is 1. The van der Waals surface area contributed by atoms with Crippen molar-refractivity contribution >= 4 is 28.5 Å². The van der Waals surface area contributed by atoms with Crippen molar-refractivity contribution in [3.8, 4) is 0 Å². The fourth-order valence-corrected chi connectivity index (χ4v) is 4.31. The average molecular weight is 437 g/mol. The number of nitrogens with zero attached hydrogens (tertiary/aromatic N) is 2. The molecule has 1 fully saturated rings. The molecule has 1 aromatic heterocycles. The minimum atomic E-state index is -0.0807. The topological polar surface area (TPSA) is 56.1 Å². The van der Waals surface area contributed by atoms with Gasteiger partial charge in [0.05, 0.1) is 15.3 Å². The molecule has 0 saturated carbocycles. The van der Waals surface area contributed by atoms with Gasteiger partial charge in [-0.25, -0.2) is 4.68 Å². The van der Waals surface area contributed by atoms with Crippen molar-refractivity contribution in [3.05, 3.63) is 50.4 Å². The van der Waals surface area contributed by atoms with Gasteiger partial charge in [-0.05, 0) is 72.4 Å². The Kier molecular flexibility index (Phi) is 4.34. The first kappa shape index (κ1) is 16.1. The van der Waals surface area contributed by atoms with Gasteiger partial charge in [-0.15, -0.1) is 0 Å². The van der Waals surface area contributed by atoms with Gasteiger partial charge in [0.1, 0.15) is 6.23 Å². The Balaban J connectivity index is 1.64. The van der Waals surface area contributed by atoms with E-state index in [1.807, 2.05) is 23.0 Å². The second-order valence-corrected chi connectivity index (χ2v) is 7.66. The number of carbonyl (C=O) groups excluding carboxylic acids is 1. The number of amides is 1. The minimum absolute atomic E-state index is 0.00998. The van der Waals surface area contributed by atoms with E-state index in [9.17, 15) is 4.79 Å². The van der Waals surface area contributed by atoms with Crippen LogP contribution in [0.5, 0.6) is 0 Å². The number of halogens is 1. The standard InChI is InChI=1S/C18H20IN3O2/c1-11-5-4-6-12-13(11)9-15(20-18(12)23)17-14(19)10-22(21-17)16-7-2-3-8-24-16/h4-6,10,15-16H,2-3,7-9H2,1H3,(H,20,23). The van der Waals surface area contributed by atoms with Crippen molar-refractivity contribution in [2.45, 2.75) is 44.9 Å². The van der Waals surface area contributed by atoms with E-state index in [2.05, 4.69) is 40.9 Å². The molecule has 2 atom stereocenters. The molecule has 2 unspecified atom stereocenters. The van der Waals surface area contributed by atoms with E-state index in [0.29, 0.717) is 0 Å². The van der Waals surface area contributed by atoms with Crippen LogP contribution in [0.3, 0.4) is 0 Å². The first-order valence-electron chi connectivity index (χ1n) is 8.39. The van der Waals surface area contributed by atoms with Gasteiger partial charge in [0.2, 0.25) is 0 Å². The Bertz CT molecular complexity index is 781.